The second-order valence-electron chi connectivity index (χ2n) is 6.82. The quantitative estimate of drug-likeness (QED) is 0.574. The Morgan fingerprint density at radius 1 is 1.12 bits per heavy atom. The van der Waals surface area contributed by atoms with E-state index in [2.05, 4.69) is 9.73 Å². The molecule has 2 aromatic rings. The Kier molecular flexibility index (Phi) is 7.84. The third-order valence-corrected chi connectivity index (χ3v) is 5.52. The number of nitrogens with zero attached hydrogens (tertiary/aromatic N) is 2. The van der Waals surface area contributed by atoms with E-state index in [9.17, 15) is 23.2 Å². The highest BCUT2D eigenvalue weighted by Gasteiger charge is 2.34. The standard InChI is InChI=1S/C22H20F2N4O5S/c1-12(18(29)27-21(25)31)34-22-26-17(11-13-3-7-15(32-2)8-4-13)19(30)28(22)14-5-9-16(10-6-14)33-20(23)24/h3-12,20H,1-2H3,(H3,25,27,29,31)/b17-11-. The number of nitrogens with two attached hydrogens (primary N) is 1. The third kappa shape index (κ3) is 6.10. The Bertz CT molecular complexity index is 1140. The highest BCUT2D eigenvalue weighted by molar-refractivity contribution is 8.15. The summed E-state index contributed by atoms with van der Waals surface area (Å²) in [4.78, 5) is 42.0. The summed E-state index contributed by atoms with van der Waals surface area (Å²) < 4.78 is 34.4. The monoisotopic (exact) mass is 490 g/mol. The van der Waals surface area contributed by atoms with Crippen molar-refractivity contribution in [2.24, 2.45) is 10.7 Å². The fourth-order valence-corrected chi connectivity index (χ4v) is 3.80. The van der Waals surface area contributed by atoms with Gasteiger partial charge in [-0.25, -0.2) is 9.79 Å². The van der Waals surface area contributed by atoms with Gasteiger partial charge in [-0.3, -0.25) is 19.8 Å². The number of methoxy groups -OCH3 is 1. The van der Waals surface area contributed by atoms with Crippen molar-refractivity contribution >= 4 is 46.5 Å². The number of alkyl halides is 2. The molecule has 3 rings (SSSR count). The molecule has 0 aromatic heterocycles. The van der Waals surface area contributed by atoms with E-state index in [4.69, 9.17) is 10.5 Å². The number of rotatable bonds is 7. The van der Waals surface area contributed by atoms with Gasteiger partial charge in [0.2, 0.25) is 5.91 Å². The molecule has 1 unspecified atom stereocenters. The lowest BCUT2D eigenvalue weighted by Crippen LogP contribution is -2.41. The maximum atomic E-state index is 13.2. The second kappa shape index (κ2) is 10.8. The Morgan fingerprint density at radius 3 is 2.29 bits per heavy atom. The number of imide groups is 1. The van der Waals surface area contributed by atoms with E-state index in [1.54, 1.807) is 30.3 Å². The number of aliphatic imine (C=N–C) groups is 1. The van der Waals surface area contributed by atoms with Crippen LogP contribution in [-0.4, -0.2) is 42.0 Å². The van der Waals surface area contributed by atoms with Crippen LogP contribution in [-0.2, 0) is 9.59 Å². The summed E-state index contributed by atoms with van der Waals surface area (Å²) in [5.74, 6) is -0.606. The molecule has 1 atom stereocenters. The summed E-state index contributed by atoms with van der Waals surface area (Å²) in [6, 6.07) is 11.3. The number of hydrogen-bond donors (Lipinski definition) is 2. The molecule has 1 aliphatic rings. The molecule has 0 bridgehead atoms. The average molecular weight is 490 g/mol. The molecule has 0 saturated heterocycles. The SMILES string of the molecule is COc1ccc(/C=C2\N=C(SC(C)C(=O)NC(N)=O)N(c3ccc(OC(F)F)cc3)C2=O)cc1. The minimum Gasteiger partial charge on any atom is -0.497 e. The van der Waals surface area contributed by atoms with Gasteiger partial charge in [0, 0.05) is 0 Å². The summed E-state index contributed by atoms with van der Waals surface area (Å²) in [7, 11) is 1.53. The number of carbonyl (C=O) groups is 3. The number of benzene rings is 2. The lowest BCUT2D eigenvalue weighted by molar-refractivity contribution is -0.119. The topological polar surface area (TPSA) is 123 Å². The Hall–Kier alpha value is -3.93. The molecule has 12 heteroatoms. The van der Waals surface area contributed by atoms with E-state index in [1.165, 1.54) is 43.2 Å². The number of amides is 4. The van der Waals surface area contributed by atoms with Crippen LogP contribution in [0.5, 0.6) is 11.5 Å². The van der Waals surface area contributed by atoms with E-state index in [-0.39, 0.29) is 16.6 Å². The lowest BCUT2D eigenvalue weighted by Gasteiger charge is -2.20. The number of anilines is 1. The zero-order chi connectivity index (χ0) is 24.8. The summed E-state index contributed by atoms with van der Waals surface area (Å²) in [6.07, 6.45) is 1.56. The molecule has 0 radical (unpaired) electrons. The van der Waals surface area contributed by atoms with Crippen LogP contribution in [0, 0.1) is 0 Å². The van der Waals surface area contributed by atoms with Gasteiger partial charge in [-0.05, 0) is 55.0 Å². The fraction of sp³-hybridized carbons (Fsp3) is 0.182. The molecule has 1 heterocycles. The van der Waals surface area contributed by atoms with Crippen molar-refractivity contribution in [1.82, 2.24) is 5.32 Å². The molecule has 34 heavy (non-hydrogen) atoms. The van der Waals surface area contributed by atoms with Gasteiger partial charge in [-0.2, -0.15) is 8.78 Å². The van der Waals surface area contributed by atoms with Crippen LogP contribution < -0.4 is 25.4 Å². The second-order valence-corrected chi connectivity index (χ2v) is 8.13. The number of carbonyl (C=O) groups excluding carboxylic acids is 3. The minimum absolute atomic E-state index is 0.0836. The van der Waals surface area contributed by atoms with E-state index < -0.39 is 29.7 Å². The first-order chi connectivity index (χ1) is 16.2. The number of halogens is 2. The van der Waals surface area contributed by atoms with E-state index in [0.29, 0.717) is 17.0 Å². The van der Waals surface area contributed by atoms with E-state index in [0.717, 1.165) is 11.8 Å². The van der Waals surface area contributed by atoms with Crippen molar-refractivity contribution in [3.05, 3.63) is 59.8 Å². The molecule has 3 N–H and O–H groups in total. The molecule has 0 spiro atoms. The molecule has 2 aromatic carbocycles. The number of primary amides is 1. The molecular formula is C22H20F2N4O5S. The first-order valence-corrected chi connectivity index (χ1v) is 10.7. The minimum atomic E-state index is -2.99. The molecule has 0 saturated carbocycles. The van der Waals surface area contributed by atoms with Gasteiger partial charge >= 0.3 is 12.6 Å². The number of thioether (sulfide) groups is 1. The maximum absolute atomic E-state index is 13.2. The largest absolute Gasteiger partial charge is 0.497 e. The molecule has 1 aliphatic heterocycles. The van der Waals surface area contributed by atoms with Crippen LogP contribution in [0.4, 0.5) is 19.3 Å². The van der Waals surface area contributed by atoms with Crippen molar-refractivity contribution in [2.75, 3.05) is 12.0 Å². The van der Waals surface area contributed by atoms with Gasteiger partial charge in [0.1, 0.15) is 17.2 Å². The highest BCUT2D eigenvalue weighted by Crippen LogP contribution is 2.32. The maximum Gasteiger partial charge on any atom is 0.387 e. The molecule has 0 aliphatic carbocycles. The average Bonchev–Trinajstić information content (AvgIpc) is 3.08. The summed E-state index contributed by atoms with van der Waals surface area (Å²) in [5.41, 5.74) is 6.08. The van der Waals surface area contributed by atoms with Crippen molar-refractivity contribution in [3.63, 3.8) is 0 Å². The normalized spacial score (nSPS) is 15.3. The Labute approximate surface area is 197 Å². The third-order valence-electron chi connectivity index (χ3n) is 4.47. The van der Waals surface area contributed by atoms with Crippen LogP contribution in [0.3, 0.4) is 0 Å². The zero-order valence-electron chi connectivity index (χ0n) is 18.0. The molecule has 178 valence electrons. The smallest absolute Gasteiger partial charge is 0.387 e. The lowest BCUT2D eigenvalue weighted by atomic mass is 10.2. The summed E-state index contributed by atoms with van der Waals surface area (Å²) in [5, 5.41) is 1.30. The van der Waals surface area contributed by atoms with Crippen LogP contribution in [0.25, 0.3) is 6.08 Å². The van der Waals surface area contributed by atoms with Crippen LogP contribution in [0.15, 0.2) is 59.2 Å². The number of ether oxygens (including phenoxy) is 2. The van der Waals surface area contributed by atoms with Crippen LogP contribution in [0.2, 0.25) is 0 Å². The van der Waals surface area contributed by atoms with Crippen molar-refractivity contribution < 1.29 is 32.6 Å². The molecule has 0 fully saturated rings. The van der Waals surface area contributed by atoms with Gasteiger partial charge in [0.15, 0.2) is 5.17 Å². The van der Waals surface area contributed by atoms with Gasteiger partial charge < -0.3 is 15.2 Å². The Balaban J connectivity index is 1.93. The van der Waals surface area contributed by atoms with Crippen molar-refractivity contribution in [1.29, 1.82) is 0 Å². The van der Waals surface area contributed by atoms with Crippen LogP contribution in [0.1, 0.15) is 12.5 Å². The molecule has 4 amide bonds. The number of nitrogens with one attached hydrogen (secondary N) is 1. The van der Waals surface area contributed by atoms with Gasteiger partial charge in [0.25, 0.3) is 5.91 Å². The van der Waals surface area contributed by atoms with Crippen molar-refractivity contribution in [2.45, 2.75) is 18.8 Å². The van der Waals surface area contributed by atoms with Crippen molar-refractivity contribution in [3.8, 4) is 11.5 Å². The van der Waals surface area contributed by atoms with Gasteiger partial charge in [-0.1, -0.05) is 23.9 Å². The zero-order valence-corrected chi connectivity index (χ0v) is 18.8. The number of hydrogen-bond acceptors (Lipinski definition) is 7. The summed E-state index contributed by atoms with van der Waals surface area (Å²) >= 11 is 0.922. The summed E-state index contributed by atoms with van der Waals surface area (Å²) in [6.45, 7) is -1.48. The Morgan fingerprint density at radius 2 is 1.74 bits per heavy atom. The predicted molar refractivity (Wildman–Crippen MR) is 124 cm³/mol. The molecule has 9 nitrogen and oxygen atoms in total. The first-order valence-electron chi connectivity index (χ1n) is 9.78. The van der Waals surface area contributed by atoms with E-state index >= 15 is 0 Å². The van der Waals surface area contributed by atoms with Gasteiger partial charge in [0.05, 0.1) is 18.0 Å². The first kappa shape index (κ1) is 24.7. The fourth-order valence-electron chi connectivity index (χ4n) is 2.87. The van der Waals surface area contributed by atoms with E-state index in [1.807, 2.05) is 5.32 Å². The van der Waals surface area contributed by atoms with Crippen LogP contribution >= 0.6 is 11.8 Å². The highest BCUT2D eigenvalue weighted by atomic mass is 32.2. The van der Waals surface area contributed by atoms with Gasteiger partial charge in [-0.15, -0.1) is 0 Å². The number of urea groups is 1. The number of amidine groups is 1. The predicted octanol–water partition coefficient (Wildman–Crippen LogP) is 3.36. The molecular weight excluding hydrogens is 470 g/mol.